The summed E-state index contributed by atoms with van der Waals surface area (Å²) in [4.78, 5) is 21.6. The zero-order valence-electron chi connectivity index (χ0n) is 18.4. The van der Waals surface area contributed by atoms with E-state index >= 15 is 0 Å². The zero-order chi connectivity index (χ0) is 22.8. The van der Waals surface area contributed by atoms with E-state index in [-0.39, 0.29) is 12.0 Å². The van der Waals surface area contributed by atoms with Crippen LogP contribution < -0.4 is 15.4 Å². The molecule has 0 unspecified atom stereocenters. The third kappa shape index (κ3) is 4.55. The molecule has 2 N–H and O–H groups in total. The van der Waals surface area contributed by atoms with Crippen LogP contribution in [0.25, 0.3) is 16.7 Å². The number of rotatable bonds is 8. The Bertz CT molecular complexity index is 1270. The number of carbonyl (C=O) groups excluding carboxylic acids is 1. The fourth-order valence-corrected chi connectivity index (χ4v) is 4.41. The first-order valence-electron chi connectivity index (χ1n) is 10.9. The van der Waals surface area contributed by atoms with Gasteiger partial charge >= 0.3 is 0 Å². The van der Waals surface area contributed by atoms with Crippen LogP contribution in [0.4, 0.5) is 10.9 Å². The third-order valence-electron chi connectivity index (χ3n) is 5.27. The molecule has 0 aromatic carbocycles. The summed E-state index contributed by atoms with van der Waals surface area (Å²) in [5.41, 5.74) is 3.01. The van der Waals surface area contributed by atoms with E-state index in [2.05, 4.69) is 25.7 Å². The summed E-state index contributed by atoms with van der Waals surface area (Å²) >= 11 is 1.43. The molecule has 172 valence electrons. The van der Waals surface area contributed by atoms with Gasteiger partial charge in [-0.25, -0.2) is 4.98 Å². The lowest BCUT2D eigenvalue weighted by Gasteiger charge is -2.14. The normalized spacial score (nSPS) is 15.8. The number of nitrogens with one attached hydrogen (secondary N) is 2. The largest absolute Gasteiger partial charge is 0.470 e. The van der Waals surface area contributed by atoms with Crippen molar-refractivity contribution in [3.63, 3.8) is 0 Å². The number of hydrogen-bond donors (Lipinski definition) is 2. The number of anilines is 2. The van der Waals surface area contributed by atoms with Crippen LogP contribution in [0.2, 0.25) is 0 Å². The highest BCUT2D eigenvalue weighted by atomic mass is 32.1. The van der Waals surface area contributed by atoms with Gasteiger partial charge < -0.3 is 24.7 Å². The number of thiophene rings is 1. The van der Waals surface area contributed by atoms with Crippen LogP contribution in [0.5, 0.6) is 5.88 Å². The maximum atomic E-state index is 12.2. The Morgan fingerprint density at radius 3 is 3.06 bits per heavy atom. The van der Waals surface area contributed by atoms with Crippen molar-refractivity contribution in [2.24, 2.45) is 7.05 Å². The fourth-order valence-electron chi connectivity index (χ4n) is 3.63. The monoisotopic (exact) mass is 467 g/mol. The second kappa shape index (κ2) is 9.20. The van der Waals surface area contributed by atoms with Crippen molar-refractivity contribution in [1.82, 2.24) is 29.6 Å². The van der Waals surface area contributed by atoms with Gasteiger partial charge in [0.15, 0.2) is 0 Å². The minimum atomic E-state index is -0.0867. The Balaban J connectivity index is 1.47. The van der Waals surface area contributed by atoms with E-state index in [0.29, 0.717) is 37.2 Å². The molecule has 10 nitrogen and oxygen atoms in total. The number of ether oxygens (including phenoxy) is 2. The Morgan fingerprint density at radius 1 is 1.39 bits per heavy atom. The topological polar surface area (TPSA) is 108 Å². The van der Waals surface area contributed by atoms with Crippen molar-refractivity contribution >= 4 is 39.2 Å². The van der Waals surface area contributed by atoms with Crippen molar-refractivity contribution < 1.29 is 14.3 Å². The fraction of sp³-hybridized carbons (Fsp3) is 0.364. The Kier molecular flexibility index (Phi) is 5.97. The SMILES string of the molecule is CCCNC(=O)c1csc(Nc2nc(O[C@H]3CCOC3)c3c(ccn3-c3cnn(C)c3)n2)c1. The highest BCUT2D eigenvalue weighted by molar-refractivity contribution is 7.14. The average Bonchev–Trinajstić information content (AvgIpc) is 3.59. The smallest absolute Gasteiger partial charge is 0.252 e. The van der Waals surface area contributed by atoms with E-state index in [1.54, 1.807) is 16.9 Å². The quantitative estimate of drug-likeness (QED) is 0.409. The summed E-state index contributed by atoms with van der Waals surface area (Å²) in [5, 5.41) is 13.0. The van der Waals surface area contributed by atoms with E-state index in [1.807, 2.05) is 42.4 Å². The number of fused-ring (bicyclic) bond motifs is 1. The predicted octanol–water partition coefficient (Wildman–Crippen LogP) is 3.27. The van der Waals surface area contributed by atoms with Gasteiger partial charge in [0.1, 0.15) is 11.6 Å². The van der Waals surface area contributed by atoms with Crippen LogP contribution in [0.15, 0.2) is 36.1 Å². The minimum Gasteiger partial charge on any atom is -0.470 e. The first kappa shape index (κ1) is 21.4. The maximum Gasteiger partial charge on any atom is 0.252 e. The standard InChI is InChI=1S/C22H25N7O3S/c1-3-6-23-20(30)14-9-18(33-13-14)26-22-25-17-4-7-29(15-10-24-28(2)11-15)19(17)21(27-22)32-16-5-8-31-12-16/h4,7,9-11,13,16H,3,5-6,8,12H2,1-2H3,(H,23,30)(H,25,26,27)/t16-/m0/s1. The molecule has 1 fully saturated rings. The Morgan fingerprint density at radius 2 is 2.30 bits per heavy atom. The molecule has 0 aliphatic carbocycles. The molecule has 1 aliphatic heterocycles. The van der Waals surface area contributed by atoms with E-state index in [1.165, 1.54) is 11.3 Å². The van der Waals surface area contributed by atoms with Gasteiger partial charge in [-0.3, -0.25) is 9.48 Å². The first-order chi connectivity index (χ1) is 16.1. The number of aryl methyl sites for hydroxylation is 1. The average molecular weight is 468 g/mol. The van der Waals surface area contributed by atoms with Crippen LogP contribution in [0.1, 0.15) is 30.1 Å². The summed E-state index contributed by atoms with van der Waals surface area (Å²) in [7, 11) is 1.87. The Labute approximate surface area is 194 Å². The number of amides is 1. The van der Waals surface area contributed by atoms with Crippen LogP contribution >= 0.6 is 11.3 Å². The number of aromatic nitrogens is 5. The molecule has 0 bridgehead atoms. The van der Waals surface area contributed by atoms with Gasteiger partial charge in [0.2, 0.25) is 11.8 Å². The highest BCUT2D eigenvalue weighted by Crippen LogP contribution is 2.31. The van der Waals surface area contributed by atoms with Crippen LogP contribution in [0.3, 0.4) is 0 Å². The highest BCUT2D eigenvalue weighted by Gasteiger charge is 2.22. The third-order valence-corrected chi connectivity index (χ3v) is 6.11. The van der Waals surface area contributed by atoms with Crippen molar-refractivity contribution in [3.8, 4) is 11.6 Å². The summed E-state index contributed by atoms with van der Waals surface area (Å²) < 4.78 is 15.5. The van der Waals surface area contributed by atoms with E-state index < -0.39 is 0 Å². The lowest BCUT2D eigenvalue weighted by atomic mass is 10.3. The molecule has 5 heterocycles. The molecule has 11 heteroatoms. The zero-order valence-corrected chi connectivity index (χ0v) is 19.3. The van der Waals surface area contributed by atoms with Crippen LogP contribution in [-0.4, -0.2) is 56.1 Å². The van der Waals surface area contributed by atoms with Gasteiger partial charge in [0.25, 0.3) is 5.91 Å². The molecule has 5 rings (SSSR count). The number of carbonyl (C=O) groups is 1. The predicted molar refractivity (Wildman–Crippen MR) is 126 cm³/mol. The molecule has 1 saturated heterocycles. The van der Waals surface area contributed by atoms with Gasteiger partial charge in [-0.1, -0.05) is 6.92 Å². The van der Waals surface area contributed by atoms with Gasteiger partial charge in [0.05, 0.1) is 41.2 Å². The summed E-state index contributed by atoms with van der Waals surface area (Å²) in [5.74, 6) is 0.795. The molecule has 1 atom stereocenters. The van der Waals surface area contributed by atoms with Crippen LogP contribution in [0, 0.1) is 0 Å². The van der Waals surface area contributed by atoms with Crippen molar-refractivity contribution in [1.29, 1.82) is 0 Å². The van der Waals surface area contributed by atoms with Gasteiger partial charge in [-0.15, -0.1) is 11.3 Å². The molecular weight excluding hydrogens is 442 g/mol. The lowest BCUT2D eigenvalue weighted by molar-refractivity contribution is 0.0954. The molecule has 1 aliphatic rings. The molecular formula is C22H25N7O3S. The minimum absolute atomic E-state index is 0.0659. The van der Waals surface area contributed by atoms with E-state index in [9.17, 15) is 4.79 Å². The number of nitrogens with zero attached hydrogens (tertiary/aromatic N) is 5. The van der Waals surface area contributed by atoms with Crippen molar-refractivity contribution in [3.05, 3.63) is 41.7 Å². The van der Waals surface area contributed by atoms with Gasteiger partial charge in [-0.2, -0.15) is 10.1 Å². The Hall–Kier alpha value is -3.44. The maximum absolute atomic E-state index is 12.2. The lowest BCUT2D eigenvalue weighted by Crippen LogP contribution is -2.23. The molecule has 4 aromatic rings. The second-order valence-corrected chi connectivity index (χ2v) is 8.74. The van der Waals surface area contributed by atoms with E-state index in [0.717, 1.165) is 34.6 Å². The van der Waals surface area contributed by atoms with Crippen LogP contribution in [-0.2, 0) is 11.8 Å². The second-order valence-electron chi connectivity index (χ2n) is 7.83. The van der Waals surface area contributed by atoms with E-state index in [4.69, 9.17) is 9.47 Å². The first-order valence-corrected chi connectivity index (χ1v) is 11.7. The number of hydrogen-bond acceptors (Lipinski definition) is 8. The van der Waals surface area contributed by atoms with Gasteiger partial charge in [-0.05, 0) is 18.6 Å². The summed E-state index contributed by atoms with van der Waals surface area (Å²) in [6.07, 6.45) is 7.27. The molecule has 0 radical (unpaired) electrons. The summed E-state index contributed by atoms with van der Waals surface area (Å²) in [6.45, 7) is 3.87. The van der Waals surface area contributed by atoms with Gasteiger partial charge in [0, 0.05) is 37.8 Å². The van der Waals surface area contributed by atoms with Crippen molar-refractivity contribution in [2.45, 2.75) is 25.9 Å². The molecule has 0 saturated carbocycles. The molecule has 4 aromatic heterocycles. The molecule has 0 spiro atoms. The molecule has 1 amide bonds. The van der Waals surface area contributed by atoms with Crippen molar-refractivity contribution in [2.75, 3.05) is 25.1 Å². The summed E-state index contributed by atoms with van der Waals surface area (Å²) in [6, 6.07) is 3.72. The molecule has 33 heavy (non-hydrogen) atoms.